The van der Waals surface area contributed by atoms with Gasteiger partial charge in [0.2, 0.25) is 5.91 Å². The van der Waals surface area contributed by atoms with Gasteiger partial charge in [-0.2, -0.15) is 5.26 Å². The van der Waals surface area contributed by atoms with E-state index in [-0.39, 0.29) is 11.9 Å². The van der Waals surface area contributed by atoms with Crippen LogP contribution in [-0.2, 0) is 30.8 Å². The van der Waals surface area contributed by atoms with Gasteiger partial charge < -0.3 is 10.3 Å². The van der Waals surface area contributed by atoms with E-state index in [0.29, 0.717) is 31.6 Å². The lowest BCUT2D eigenvalue weighted by Crippen LogP contribution is -2.49. The Morgan fingerprint density at radius 1 is 1.18 bits per heavy atom. The maximum Gasteiger partial charge on any atom is 0.238 e. The van der Waals surface area contributed by atoms with Crippen LogP contribution in [0.1, 0.15) is 28.1 Å². The van der Waals surface area contributed by atoms with Crippen molar-refractivity contribution >= 4 is 5.91 Å². The monoisotopic (exact) mass is 371 g/mol. The van der Waals surface area contributed by atoms with Gasteiger partial charge in [-0.3, -0.25) is 9.69 Å². The fourth-order valence-corrected chi connectivity index (χ4v) is 3.53. The number of nitriles is 1. The van der Waals surface area contributed by atoms with Gasteiger partial charge in [0.1, 0.15) is 0 Å². The number of nitrogens with one attached hydrogen (secondary N) is 2. The first-order valence-corrected chi connectivity index (χ1v) is 9.29. The molecule has 0 radical (unpaired) electrons. The first-order chi connectivity index (χ1) is 13.7. The highest BCUT2D eigenvalue weighted by molar-refractivity contribution is 5.82. The minimum atomic E-state index is -0.269. The standard InChI is InChI=1S/C22H21N5O/c23-11-16-6-8-17(9-7-16)12-24-22(28)21-10-19-20(26-15-25-19)14-27(21)13-18-4-2-1-3-5-18/h1-9,15,21H,10,12-14H2,(H,24,28)(H,25,26). The molecule has 3 aromatic rings. The number of fused-ring (bicyclic) bond motifs is 1. The number of imidazole rings is 1. The minimum Gasteiger partial charge on any atom is -0.351 e. The van der Waals surface area contributed by atoms with Gasteiger partial charge in [-0.25, -0.2) is 4.98 Å². The van der Waals surface area contributed by atoms with E-state index >= 15 is 0 Å². The zero-order chi connectivity index (χ0) is 19.3. The van der Waals surface area contributed by atoms with E-state index in [4.69, 9.17) is 5.26 Å². The van der Waals surface area contributed by atoms with Crippen LogP contribution in [0, 0.1) is 11.3 Å². The van der Waals surface area contributed by atoms with Crippen molar-refractivity contribution in [2.45, 2.75) is 32.1 Å². The predicted octanol–water partition coefficient (Wildman–Crippen LogP) is 2.52. The maximum atomic E-state index is 13.0. The number of hydrogen-bond donors (Lipinski definition) is 2. The summed E-state index contributed by atoms with van der Waals surface area (Å²) in [6.07, 6.45) is 2.28. The van der Waals surface area contributed by atoms with E-state index in [1.54, 1.807) is 18.5 Å². The topological polar surface area (TPSA) is 84.8 Å². The summed E-state index contributed by atoms with van der Waals surface area (Å²) in [5, 5.41) is 11.9. The Morgan fingerprint density at radius 2 is 1.96 bits per heavy atom. The molecule has 2 heterocycles. The molecule has 1 atom stereocenters. The van der Waals surface area contributed by atoms with Crippen LogP contribution in [0.25, 0.3) is 0 Å². The third kappa shape index (κ3) is 3.95. The average Bonchev–Trinajstić information content (AvgIpc) is 3.20. The molecule has 4 rings (SSSR count). The van der Waals surface area contributed by atoms with Gasteiger partial charge in [-0.05, 0) is 23.3 Å². The second-order valence-corrected chi connectivity index (χ2v) is 6.96. The SMILES string of the molecule is N#Cc1ccc(CNC(=O)C2Cc3nc[nH]c3CN2Cc2ccccc2)cc1. The van der Waals surface area contributed by atoms with Gasteiger partial charge in [-0.1, -0.05) is 42.5 Å². The Balaban J connectivity index is 1.47. The molecule has 1 aliphatic heterocycles. The average molecular weight is 371 g/mol. The van der Waals surface area contributed by atoms with E-state index in [0.717, 1.165) is 17.0 Å². The Morgan fingerprint density at radius 3 is 2.71 bits per heavy atom. The minimum absolute atomic E-state index is 0.00561. The molecule has 1 amide bonds. The molecule has 1 aliphatic rings. The summed E-state index contributed by atoms with van der Waals surface area (Å²) in [4.78, 5) is 22.7. The number of carbonyl (C=O) groups is 1. The smallest absolute Gasteiger partial charge is 0.238 e. The van der Waals surface area contributed by atoms with Crippen LogP contribution in [0.3, 0.4) is 0 Å². The van der Waals surface area contributed by atoms with Crippen molar-refractivity contribution in [2.75, 3.05) is 0 Å². The molecule has 0 fully saturated rings. The molecule has 0 saturated heterocycles. The van der Waals surface area contributed by atoms with E-state index in [1.807, 2.05) is 30.3 Å². The van der Waals surface area contributed by atoms with Crippen LogP contribution in [0.2, 0.25) is 0 Å². The summed E-state index contributed by atoms with van der Waals surface area (Å²) >= 11 is 0. The van der Waals surface area contributed by atoms with Gasteiger partial charge in [0.05, 0.1) is 35.4 Å². The largest absolute Gasteiger partial charge is 0.351 e. The number of benzene rings is 2. The van der Waals surface area contributed by atoms with E-state index in [9.17, 15) is 4.79 Å². The van der Waals surface area contributed by atoms with Crippen molar-refractivity contribution in [3.63, 3.8) is 0 Å². The van der Waals surface area contributed by atoms with E-state index in [2.05, 4.69) is 38.4 Å². The third-order valence-corrected chi connectivity index (χ3v) is 5.08. The number of aromatic amines is 1. The molecular weight excluding hydrogens is 350 g/mol. The van der Waals surface area contributed by atoms with Crippen LogP contribution in [0.4, 0.5) is 0 Å². The molecule has 6 heteroatoms. The number of aromatic nitrogens is 2. The molecule has 6 nitrogen and oxygen atoms in total. The van der Waals surface area contributed by atoms with Crippen molar-refractivity contribution < 1.29 is 4.79 Å². The van der Waals surface area contributed by atoms with Crippen LogP contribution in [0.15, 0.2) is 60.9 Å². The molecule has 1 aromatic heterocycles. The highest BCUT2D eigenvalue weighted by Crippen LogP contribution is 2.23. The highest BCUT2D eigenvalue weighted by atomic mass is 16.2. The van der Waals surface area contributed by atoms with Gasteiger partial charge in [-0.15, -0.1) is 0 Å². The van der Waals surface area contributed by atoms with Crippen LogP contribution < -0.4 is 5.32 Å². The Labute approximate surface area is 163 Å². The van der Waals surface area contributed by atoms with Gasteiger partial charge in [0, 0.05) is 26.1 Å². The summed E-state index contributed by atoms with van der Waals surface area (Å²) in [7, 11) is 0. The summed E-state index contributed by atoms with van der Waals surface area (Å²) in [6.45, 7) is 1.81. The number of nitrogens with zero attached hydrogens (tertiary/aromatic N) is 3. The van der Waals surface area contributed by atoms with Crippen molar-refractivity contribution in [1.82, 2.24) is 20.2 Å². The molecular formula is C22H21N5O. The molecule has 0 aliphatic carbocycles. The molecule has 0 bridgehead atoms. The first-order valence-electron chi connectivity index (χ1n) is 9.29. The lowest BCUT2D eigenvalue weighted by atomic mass is 10.0. The molecule has 28 heavy (non-hydrogen) atoms. The second kappa shape index (κ2) is 8.07. The van der Waals surface area contributed by atoms with E-state index < -0.39 is 0 Å². The molecule has 0 saturated carbocycles. The van der Waals surface area contributed by atoms with Crippen molar-refractivity contribution in [1.29, 1.82) is 5.26 Å². The van der Waals surface area contributed by atoms with E-state index in [1.165, 1.54) is 5.56 Å². The summed E-state index contributed by atoms with van der Waals surface area (Å²) in [6, 6.07) is 19.3. The molecule has 2 aromatic carbocycles. The van der Waals surface area contributed by atoms with Gasteiger partial charge in [0.15, 0.2) is 0 Å². The Kier molecular flexibility index (Phi) is 5.18. The van der Waals surface area contributed by atoms with Crippen molar-refractivity contribution in [3.05, 3.63) is 89.0 Å². The van der Waals surface area contributed by atoms with Crippen LogP contribution in [0.5, 0.6) is 0 Å². The number of rotatable bonds is 5. The number of carbonyl (C=O) groups excluding carboxylic acids is 1. The van der Waals surface area contributed by atoms with Crippen molar-refractivity contribution in [3.8, 4) is 6.07 Å². The second-order valence-electron chi connectivity index (χ2n) is 6.96. The third-order valence-electron chi connectivity index (χ3n) is 5.08. The first kappa shape index (κ1) is 18.0. The molecule has 0 spiro atoms. The predicted molar refractivity (Wildman–Crippen MR) is 105 cm³/mol. The molecule has 140 valence electrons. The zero-order valence-electron chi connectivity index (χ0n) is 15.4. The van der Waals surface area contributed by atoms with Crippen LogP contribution >= 0.6 is 0 Å². The number of H-pyrrole nitrogens is 1. The number of amides is 1. The fourth-order valence-electron chi connectivity index (χ4n) is 3.53. The molecule has 1 unspecified atom stereocenters. The van der Waals surface area contributed by atoms with Crippen LogP contribution in [-0.4, -0.2) is 26.8 Å². The highest BCUT2D eigenvalue weighted by Gasteiger charge is 2.32. The summed E-state index contributed by atoms with van der Waals surface area (Å²) in [5.41, 5.74) is 4.80. The molecule has 2 N–H and O–H groups in total. The summed E-state index contributed by atoms with van der Waals surface area (Å²) < 4.78 is 0. The normalized spacial score (nSPS) is 16.2. The lowest BCUT2D eigenvalue weighted by Gasteiger charge is -2.34. The van der Waals surface area contributed by atoms with Gasteiger partial charge >= 0.3 is 0 Å². The Bertz CT molecular complexity index is 988. The van der Waals surface area contributed by atoms with Gasteiger partial charge in [0.25, 0.3) is 0 Å². The summed E-state index contributed by atoms with van der Waals surface area (Å²) in [5.74, 6) is -0.00561. The zero-order valence-corrected chi connectivity index (χ0v) is 15.4. The quantitative estimate of drug-likeness (QED) is 0.722. The maximum absolute atomic E-state index is 13.0. The van der Waals surface area contributed by atoms with Crippen molar-refractivity contribution in [2.24, 2.45) is 0 Å². The fraction of sp³-hybridized carbons (Fsp3) is 0.227. The Hall–Kier alpha value is -3.43. The number of hydrogen-bond acceptors (Lipinski definition) is 4. The lowest BCUT2D eigenvalue weighted by molar-refractivity contribution is -0.127.